The summed E-state index contributed by atoms with van der Waals surface area (Å²) in [4.78, 5) is 12.3. The molecular weight excluding hydrogens is 294 g/mol. The molecule has 1 aromatic carbocycles. The minimum atomic E-state index is -0.540. The molecule has 124 valence electrons. The number of aliphatic hydroxyl groups excluding tert-OH is 1. The van der Waals surface area contributed by atoms with E-state index >= 15 is 0 Å². The Hall–Kier alpha value is -2.01. The van der Waals surface area contributed by atoms with Crippen LogP contribution >= 0.6 is 0 Å². The van der Waals surface area contributed by atoms with Gasteiger partial charge in [0.2, 0.25) is 0 Å². The van der Waals surface area contributed by atoms with Crippen molar-refractivity contribution in [1.82, 2.24) is 4.57 Å². The van der Waals surface area contributed by atoms with Crippen molar-refractivity contribution in [2.75, 3.05) is 13.2 Å². The smallest absolute Gasteiger partial charge is 0.354 e. The van der Waals surface area contributed by atoms with Crippen LogP contribution in [0.4, 0.5) is 0 Å². The molecule has 1 aliphatic carbocycles. The van der Waals surface area contributed by atoms with Crippen molar-refractivity contribution in [2.45, 2.75) is 39.3 Å². The summed E-state index contributed by atoms with van der Waals surface area (Å²) in [5, 5.41) is 10.4. The third-order valence-corrected chi connectivity index (χ3v) is 3.99. The van der Waals surface area contributed by atoms with Crippen LogP contribution in [0.3, 0.4) is 0 Å². The molecule has 0 spiro atoms. The minimum Gasteiger partial charge on any atom is -0.489 e. The second-order valence-electron chi connectivity index (χ2n) is 6.16. The predicted octanol–water partition coefficient (Wildman–Crippen LogP) is 2.99. The number of para-hydroxylation sites is 1. The molecule has 1 aliphatic rings. The van der Waals surface area contributed by atoms with Gasteiger partial charge < -0.3 is 19.1 Å². The highest BCUT2D eigenvalue weighted by molar-refractivity contribution is 5.97. The molecular formula is C18H23NO4. The zero-order valence-corrected chi connectivity index (χ0v) is 13.6. The van der Waals surface area contributed by atoms with Crippen LogP contribution in [0.5, 0.6) is 5.75 Å². The van der Waals surface area contributed by atoms with Crippen LogP contribution in [0.25, 0.3) is 10.9 Å². The lowest BCUT2D eigenvalue weighted by molar-refractivity contribution is 0.0514. The van der Waals surface area contributed by atoms with Crippen molar-refractivity contribution >= 4 is 16.9 Å². The van der Waals surface area contributed by atoms with Crippen molar-refractivity contribution in [3.63, 3.8) is 0 Å². The van der Waals surface area contributed by atoms with Gasteiger partial charge in [-0.1, -0.05) is 12.1 Å². The number of carbonyl (C=O) groups is 1. The van der Waals surface area contributed by atoms with E-state index in [0.717, 1.165) is 17.4 Å². The van der Waals surface area contributed by atoms with Gasteiger partial charge in [-0.15, -0.1) is 0 Å². The molecule has 0 saturated heterocycles. The molecule has 3 rings (SSSR count). The zero-order valence-electron chi connectivity index (χ0n) is 13.6. The number of ether oxygens (including phenoxy) is 2. The van der Waals surface area contributed by atoms with Crippen LogP contribution in [0.1, 0.15) is 37.2 Å². The molecule has 0 bridgehead atoms. The quantitative estimate of drug-likeness (QED) is 0.798. The highest BCUT2D eigenvalue weighted by Crippen LogP contribution is 2.36. The first-order valence-corrected chi connectivity index (χ1v) is 8.20. The molecule has 2 aromatic rings. The number of hydrogen-bond acceptors (Lipinski definition) is 4. The molecule has 1 saturated carbocycles. The number of esters is 1. The second kappa shape index (κ2) is 6.62. The topological polar surface area (TPSA) is 60.7 Å². The van der Waals surface area contributed by atoms with Crippen molar-refractivity contribution in [3.05, 3.63) is 30.0 Å². The Kier molecular flexibility index (Phi) is 4.57. The maximum absolute atomic E-state index is 12.3. The first-order chi connectivity index (χ1) is 11.1. The maximum Gasteiger partial charge on any atom is 0.354 e. The first kappa shape index (κ1) is 15.9. The van der Waals surface area contributed by atoms with E-state index in [1.165, 1.54) is 12.8 Å². The fourth-order valence-corrected chi connectivity index (χ4v) is 2.74. The second-order valence-corrected chi connectivity index (χ2v) is 6.16. The highest BCUT2D eigenvalue weighted by atomic mass is 16.5. The van der Waals surface area contributed by atoms with Gasteiger partial charge in [0, 0.05) is 11.9 Å². The molecule has 1 heterocycles. The molecule has 0 amide bonds. The molecule has 0 radical (unpaired) electrons. The number of nitrogens with zero attached hydrogens (tertiary/aromatic N) is 1. The van der Waals surface area contributed by atoms with Gasteiger partial charge in [0.05, 0.1) is 18.2 Å². The lowest BCUT2D eigenvalue weighted by Crippen LogP contribution is -2.15. The van der Waals surface area contributed by atoms with E-state index < -0.39 is 6.10 Å². The van der Waals surface area contributed by atoms with Crippen LogP contribution in [0.15, 0.2) is 24.3 Å². The lowest BCUT2D eigenvalue weighted by Gasteiger charge is -2.14. The molecule has 23 heavy (non-hydrogen) atoms. The Morgan fingerprint density at radius 3 is 2.87 bits per heavy atom. The molecule has 0 aliphatic heterocycles. The molecule has 1 fully saturated rings. The van der Waals surface area contributed by atoms with Crippen molar-refractivity contribution in [2.24, 2.45) is 5.92 Å². The van der Waals surface area contributed by atoms with Crippen molar-refractivity contribution in [3.8, 4) is 5.75 Å². The Bertz CT molecular complexity index is 700. The van der Waals surface area contributed by atoms with Crippen LogP contribution in [-0.4, -0.2) is 35.0 Å². The van der Waals surface area contributed by atoms with Gasteiger partial charge in [-0.2, -0.15) is 0 Å². The SMILES string of the molecule is CCOC(=O)c1cc2cccc(OC[C@H](C)O)c2n1CC1CC1. The van der Waals surface area contributed by atoms with Gasteiger partial charge in [0.1, 0.15) is 18.1 Å². The molecule has 1 N–H and O–H groups in total. The van der Waals surface area contributed by atoms with Crippen LogP contribution in [0.2, 0.25) is 0 Å². The third-order valence-electron chi connectivity index (χ3n) is 3.99. The first-order valence-electron chi connectivity index (χ1n) is 8.20. The lowest BCUT2D eigenvalue weighted by atomic mass is 10.2. The number of fused-ring (bicyclic) bond motifs is 1. The van der Waals surface area contributed by atoms with E-state index in [4.69, 9.17) is 9.47 Å². The number of aromatic nitrogens is 1. The zero-order chi connectivity index (χ0) is 16.4. The van der Waals surface area contributed by atoms with Gasteiger partial charge >= 0.3 is 5.97 Å². The Labute approximate surface area is 135 Å². The number of rotatable bonds is 7. The molecule has 5 nitrogen and oxygen atoms in total. The van der Waals surface area contributed by atoms with E-state index in [0.29, 0.717) is 24.0 Å². The third kappa shape index (κ3) is 3.50. The molecule has 0 unspecified atom stereocenters. The Morgan fingerprint density at radius 2 is 2.22 bits per heavy atom. The van der Waals surface area contributed by atoms with Crippen molar-refractivity contribution in [1.29, 1.82) is 0 Å². The predicted molar refractivity (Wildman–Crippen MR) is 87.8 cm³/mol. The van der Waals surface area contributed by atoms with Gasteiger partial charge in [-0.05, 0) is 44.7 Å². The monoisotopic (exact) mass is 317 g/mol. The normalized spacial score (nSPS) is 15.6. The summed E-state index contributed by atoms with van der Waals surface area (Å²) in [7, 11) is 0. The maximum atomic E-state index is 12.3. The van der Waals surface area contributed by atoms with Gasteiger partial charge in [0.15, 0.2) is 0 Å². The summed E-state index contributed by atoms with van der Waals surface area (Å²) in [6.45, 7) is 4.88. The Morgan fingerprint density at radius 1 is 1.43 bits per heavy atom. The highest BCUT2D eigenvalue weighted by Gasteiger charge is 2.27. The summed E-state index contributed by atoms with van der Waals surface area (Å²) >= 11 is 0. The molecule has 5 heteroatoms. The molecule has 1 atom stereocenters. The number of carbonyl (C=O) groups excluding carboxylic acids is 1. The van der Waals surface area contributed by atoms with Crippen LogP contribution in [0, 0.1) is 5.92 Å². The summed E-state index contributed by atoms with van der Waals surface area (Å²) in [5.74, 6) is 1.01. The number of benzene rings is 1. The van der Waals surface area contributed by atoms with E-state index in [1.54, 1.807) is 6.92 Å². The number of aliphatic hydroxyl groups is 1. The summed E-state index contributed by atoms with van der Waals surface area (Å²) in [6.07, 6.45) is 1.85. The summed E-state index contributed by atoms with van der Waals surface area (Å²) < 4.78 is 13.0. The van der Waals surface area contributed by atoms with Crippen LogP contribution in [-0.2, 0) is 11.3 Å². The Balaban J connectivity index is 2.05. The molecule has 1 aromatic heterocycles. The number of hydrogen-bond donors (Lipinski definition) is 1. The largest absolute Gasteiger partial charge is 0.489 e. The average molecular weight is 317 g/mol. The van der Waals surface area contributed by atoms with E-state index in [-0.39, 0.29) is 12.6 Å². The summed E-state index contributed by atoms with van der Waals surface area (Å²) in [6, 6.07) is 7.61. The standard InChI is InChI=1S/C18H23NO4/c1-3-22-18(21)15-9-14-5-4-6-16(23-11-12(2)20)17(14)19(15)10-13-7-8-13/h4-6,9,12-13,20H,3,7-8,10-11H2,1-2H3/t12-/m0/s1. The van der Waals surface area contributed by atoms with Crippen LogP contribution < -0.4 is 4.74 Å². The van der Waals surface area contributed by atoms with Gasteiger partial charge in [-0.25, -0.2) is 4.79 Å². The summed E-state index contributed by atoms with van der Waals surface area (Å²) in [5.41, 5.74) is 1.48. The van der Waals surface area contributed by atoms with Gasteiger partial charge in [0.25, 0.3) is 0 Å². The van der Waals surface area contributed by atoms with E-state index in [2.05, 4.69) is 0 Å². The average Bonchev–Trinajstić information content (AvgIpc) is 3.25. The van der Waals surface area contributed by atoms with Crippen molar-refractivity contribution < 1.29 is 19.4 Å². The van der Waals surface area contributed by atoms with E-state index in [9.17, 15) is 9.90 Å². The fourth-order valence-electron chi connectivity index (χ4n) is 2.74. The van der Waals surface area contributed by atoms with E-state index in [1.807, 2.05) is 35.8 Å². The van der Waals surface area contributed by atoms with Gasteiger partial charge in [-0.3, -0.25) is 0 Å². The fraction of sp³-hybridized carbons (Fsp3) is 0.500. The minimum absolute atomic E-state index is 0.225.